The molecular weight excluding hydrogens is 210 g/mol. The minimum atomic E-state index is -0.901. The van der Waals surface area contributed by atoms with Crippen LogP contribution in [0, 0.1) is 5.92 Å². The van der Waals surface area contributed by atoms with Gasteiger partial charge in [-0.1, -0.05) is 13.8 Å². The Labute approximate surface area is 93.4 Å². The van der Waals surface area contributed by atoms with Gasteiger partial charge in [0.15, 0.2) is 5.75 Å². The van der Waals surface area contributed by atoms with E-state index in [1.165, 1.54) is 13.2 Å². The fourth-order valence-electron chi connectivity index (χ4n) is 1.27. The van der Waals surface area contributed by atoms with Crippen molar-refractivity contribution in [3.05, 3.63) is 28.2 Å². The van der Waals surface area contributed by atoms with Crippen LogP contribution in [0.4, 0.5) is 4.79 Å². The number of methoxy groups -OCH3 is 1. The molecule has 0 aromatic carbocycles. The summed E-state index contributed by atoms with van der Waals surface area (Å²) >= 11 is 0. The molecule has 0 aliphatic heterocycles. The maximum Gasteiger partial charge on any atom is 0.513 e. The number of nitrogens with one attached hydrogen (secondary N) is 1. The van der Waals surface area contributed by atoms with Gasteiger partial charge in [-0.25, -0.2) is 4.79 Å². The summed E-state index contributed by atoms with van der Waals surface area (Å²) in [7, 11) is 1.18. The third-order valence-electron chi connectivity index (χ3n) is 1.92. The van der Waals surface area contributed by atoms with Crippen molar-refractivity contribution in [3.63, 3.8) is 0 Å². The van der Waals surface area contributed by atoms with E-state index in [4.69, 9.17) is 0 Å². The Kier molecular flexibility index (Phi) is 4.10. The van der Waals surface area contributed by atoms with Gasteiger partial charge in [0.1, 0.15) is 0 Å². The third-order valence-corrected chi connectivity index (χ3v) is 1.92. The summed E-state index contributed by atoms with van der Waals surface area (Å²) in [6.07, 6.45) is -0.129. The van der Waals surface area contributed by atoms with E-state index < -0.39 is 11.7 Å². The molecule has 1 aromatic heterocycles. The molecule has 16 heavy (non-hydrogen) atoms. The summed E-state index contributed by atoms with van der Waals surface area (Å²) in [4.78, 5) is 24.9. The molecule has 0 unspecified atom stereocenters. The van der Waals surface area contributed by atoms with Crippen molar-refractivity contribution >= 4 is 6.16 Å². The monoisotopic (exact) mass is 225 g/mol. The lowest BCUT2D eigenvalue weighted by Crippen LogP contribution is -2.17. The van der Waals surface area contributed by atoms with E-state index in [1.54, 1.807) is 6.07 Å². The van der Waals surface area contributed by atoms with Crippen LogP contribution in [0.15, 0.2) is 16.9 Å². The molecule has 5 heteroatoms. The van der Waals surface area contributed by atoms with Crippen LogP contribution < -0.4 is 10.3 Å². The van der Waals surface area contributed by atoms with Crippen molar-refractivity contribution in [2.45, 2.75) is 20.3 Å². The molecule has 0 atom stereocenters. The van der Waals surface area contributed by atoms with E-state index in [0.29, 0.717) is 5.92 Å². The van der Waals surface area contributed by atoms with E-state index in [-0.39, 0.29) is 5.75 Å². The highest BCUT2D eigenvalue weighted by Crippen LogP contribution is 2.08. The van der Waals surface area contributed by atoms with Gasteiger partial charge < -0.3 is 14.5 Å². The number of carbonyl (C=O) groups excluding carboxylic acids is 1. The first-order valence-corrected chi connectivity index (χ1v) is 5.01. The third kappa shape index (κ3) is 3.42. The number of hydrogen-bond donors (Lipinski definition) is 1. The second-order valence-electron chi connectivity index (χ2n) is 3.83. The SMILES string of the molecule is COC(=O)Oc1ccc(CC(C)C)[nH]c1=O. The summed E-state index contributed by atoms with van der Waals surface area (Å²) < 4.78 is 8.94. The number of pyridine rings is 1. The van der Waals surface area contributed by atoms with Crippen molar-refractivity contribution in [1.29, 1.82) is 0 Å². The molecule has 1 N–H and O–H groups in total. The van der Waals surface area contributed by atoms with Gasteiger partial charge in [-0.3, -0.25) is 4.79 Å². The lowest BCUT2D eigenvalue weighted by Gasteiger charge is -2.06. The topological polar surface area (TPSA) is 68.4 Å². The van der Waals surface area contributed by atoms with Crippen LogP contribution in [0.25, 0.3) is 0 Å². The molecule has 0 saturated carbocycles. The molecule has 0 fully saturated rings. The van der Waals surface area contributed by atoms with Gasteiger partial charge in [0.05, 0.1) is 7.11 Å². The number of rotatable bonds is 3. The second-order valence-corrected chi connectivity index (χ2v) is 3.83. The van der Waals surface area contributed by atoms with Crippen molar-refractivity contribution in [3.8, 4) is 5.75 Å². The number of aromatic amines is 1. The van der Waals surface area contributed by atoms with Crippen LogP contribution in [0.2, 0.25) is 0 Å². The average Bonchev–Trinajstić information content (AvgIpc) is 2.21. The van der Waals surface area contributed by atoms with E-state index in [0.717, 1.165) is 12.1 Å². The fraction of sp³-hybridized carbons (Fsp3) is 0.455. The van der Waals surface area contributed by atoms with Gasteiger partial charge in [0, 0.05) is 5.69 Å². The molecule has 1 heterocycles. The Balaban J connectivity index is 2.83. The van der Waals surface area contributed by atoms with Crippen molar-refractivity contribution < 1.29 is 14.3 Å². The van der Waals surface area contributed by atoms with Crippen LogP contribution >= 0.6 is 0 Å². The largest absolute Gasteiger partial charge is 0.513 e. The zero-order valence-electron chi connectivity index (χ0n) is 9.57. The summed E-state index contributed by atoms with van der Waals surface area (Å²) in [6, 6.07) is 3.19. The highest BCUT2D eigenvalue weighted by molar-refractivity contribution is 5.63. The first kappa shape index (κ1) is 12.3. The average molecular weight is 225 g/mol. The number of hydrogen-bond acceptors (Lipinski definition) is 4. The molecule has 0 aliphatic carbocycles. The maximum atomic E-state index is 11.5. The molecule has 0 amide bonds. The van der Waals surface area contributed by atoms with Gasteiger partial charge in [0.25, 0.3) is 5.56 Å². The van der Waals surface area contributed by atoms with Crippen molar-refractivity contribution in [1.82, 2.24) is 4.98 Å². The number of aromatic nitrogens is 1. The molecule has 0 saturated heterocycles. The molecule has 0 aliphatic rings. The van der Waals surface area contributed by atoms with Crippen LogP contribution in [0.5, 0.6) is 5.75 Å². The highest BCUT2D eigenvalue weighted by atomic mass is 16.7. The standard InChI is InChI=1S/C11H15NO4/c1-7(2)6-8-4-5-9(10(13)12-8)16-11(14)15-3/h4-5,7H,6H2,1-3H3,(H,12,13). The fourth-order valence-corrected chi connectivity index (χ4v) is 1.27. The van der Waals surface area contributed by atoms with E-state index in [2.05, 4.69) is 28.3 Å². The summed E-state index contributed by atoms with van der Waals surface area (Å²) in [6.45, 7) is 4.11. The molecule has 5 nitrogen and oxygen atoms in total. The normalized spacial score (nSPS) is 10.2. The van der Waals surface area contributed by atoms with Crippen LogP contribution in [0.1, 0.15) is 19.5 Å². The number of ether oxygens (including phenoxy) is 2. The molecule has 0 bridgehead atoms. The van der Waals surface area contributed by atoms with Gasteiger partial charge in [-0.2, -0.15) is 0 Å². The smallest absolute Gasteiger partial charge is 0.437 e. The van der Waals surface area contributed by atoms with E-state index >= 15 is 0 Å². The van der Waals surface area contributed by atoms with Gasteiger partial charge in [-0.05, 0) is 24.5 Å². The predicted octanol–water partition coefficient (Wildman–Crippen LogP) is 1.72. The molecule has 0 radical (unpaired) electrons. The summed E-state index contributed by atoms with van der Waals surface area (Å²) in [5.74, 6) is 0.391. The Bertz CT molecular complexity index is 422. The van der Waals surface area contributed by atoms with Gasteiger partial charge in [-0.15, -0.1) is 0 Å². The quantitative estimate of drug-likeness (QED) is 0.795. The minimum Gasteiger partial charge on any atom is -0.437 e. The Morgan fingerprint density at radius 2 is 2.12 bits per heavy atom. The Morgan fingerprint density at radius 1 is 1.44 bits per heavy atom. The van der Waals surface area contributed by atoms with Crippen LogP contribution in [0.3, 0.4) is 0 Å². The van der Waals surface area contributed by atoms with Crippen molar-refractivity contribution in [2.24, 2.45) is 5.92 Å². The minimum absolute atomic E-state index is 0.0562. The molecule has 88 valence electrons. The zero-order valence-corrected chi connectivity index (χ0v) is 9.57. The molecule has 0 spiro atoms. The van der Waals surface area contributed by atoms with E-state index in [1.807, 2.05) is 0 Å². The second kappa shape index (κ2) is 5.34. The predicted molar refractivity (Wildman–Crippen MR) is 58.6 cm³/mol. The molecule has 1 aromatic rings. The van der Waals surface area contributed by atoms with Crippen LogP contribution in [-0.4, -0.2) is 18.2 Å². The lowest BCUT2D eigenvalue weighted by molar-refractivity contribution is 0.121. The number of H-pyrrole nitrogens is 1. The summed E-state index contributed by atoms with van der Waals surface area (Å²) in [5.41, 5.74) is 0.390. The van der Waals surface area contributed by atoms with E-state index in [9.17, 15) is 9.59 Å². The lowest BCUT2D eigenvalue weighted by atomic mass is 10.1. The Morgan fingerprint density at radius 3 is 2.62 bits per heavy atom. The van der Waals surface area contributed by atoms with Gasteiger partial charge in [0.2, 0.25) is 0 Å². The molecular formula is C11H15NO4. The summed E-state index contributed by atoms with van der Waals surface area (Å²) in [5, 5.41) is 0. The number of carbonyl (C=O) groups is 1. The molecule has 1 rings (SSSR count). The van der Waals surface area contributed by atoms with Crippen LogP contribution in [-0.2, 0) is 11.2 Å². The highest BCUT2D eigenvalue weighted by Gasteiger charge is 2.08. The first-order valence-electron chi connectivity index (χ1n) is 5.01. The maximum absolute atomic E-state index is 11.5. The zero-order chi connectivity index (χ0) is 12.1. The Hall–Kier alpha value is -1.78. The first-order chi connectivity index (χ1) is 7.52. The van der Waals surface area contributed by atoms with Crippen molar-refractivity contribution in [2.75, 3.05) is 7.11 Å². The van der Waals surface area contributed by atoms with Gasteiger partial charge >= 0.3 is 6.16 Å².